The van der Waals surface area contributed by atoms with Crippen LogP contribution in [0.4, 0.5) is 4.79 Å². The number of alkyl carbamates (subject to hydrolysis) is 1. The number of hydrogen-bond acceptors (Lipinski definition) is 5. The number of aryl methyl sites for hydroxylation is 2. The summed E-state index contributed by atoms with van der Waals surface area (Å²) < 4.78 is 5.44. The smallest absolute Gasteiger partial charge is 0.408 e. The number of unbranched alkanes of at least 4 members (excludes halogenated alkanes) is 2. The molecule has 2 atom stereocenters. The van der Waals surface area contributed by atoms with Crippen LogP contribution in [-0.2, 0) is 14.3 Å². The first-order chi connectivity index (χ1) is 16.8. The summed E-state index contributed by atoms with van der Waals surface area (Å²) in [6.45, 7) is 15.7. The Labute approximate surface area is 222 Å². The number of hydrogen-bond donors (Lipinski definition) is 2. The molecule has 3 amide bonds. The van der Waals surface area contributed by atoms with E-state index in [2.05, 4.69) is 17.6 Å². The average molecular weight is 522 g/mol. The fraction of sp³-hybridized carbons (Fsp3) is 0.679. The molecule has 1 rings (SSSR count). The van der Waals surface area contributed by atoms with Gasteiger partial charge < -0.3 is 20.3 Å². The number of rotatable bonds is 13. The van der Waals surface area contributed by atoms with E-state index in [0.717, 1.165) is 36.0 Å². The van der Waals surface area contributed by atoms with Crippen molar-refractivity contribution in [3.05, 3.63) is 34.9 Å². The second kappa shape index (κ2) is 15.1. The highest BCUT2D eigenvalue weighted by Gasteiger charge is 2.36. The molecule has 0 heterocycles. The van der Waals surface area contributed by atoms with Crippen molar-refractivity contribution in [2.45, 2.75) is 105 Å². The Morgan fingerprint density at radius 2 is 1.72 bits per heavy atom. The first-order valence-electron chi connectivity index (χ1n) is 13.0. The number of nitrogens with one attached hydrogen (secondary N) is 2. The van der Waals surface area contributed by atoms with Gasteiger partial charge in [-0.15, -0.1) is 0 Å². The van der Waals surface area contributed by atoms with Crippen LogP contribution >= 0.6 is 11.8 Å². The summed E-state index contributed by atoms with van der Waals surface area (Å²) in [5.74, 6) is 0.189. The van der Waals surface area contributed by atoms with E-state index in [-0.39, 0.29) is 17.9 Å². The minimum atomic E-state index is -0.798. The molecule has 2 N–H and O–H groups in total. The number of benzene rings is 1. The van der Waals surface area contributed by atoms with Gasteiger partial charge in [-0.2, -0.15) is 11.8 Å². The van der Waals surface area contributed by atoms with Gasteiger partial charge in [0, 0.05) is 12.6 Å². The lowest BCUT2D eigenvalue weighted by molar-refractivity contribution is -0.142. The number of thioether (sulfide) groups is 1. The lowest BCUT2D eigenvalue weighted by Gasteiger charge is -2.35. The van der Waals surface area contributed by atoms with Gasteiger partial charge in [-0.1, -0.05) is 38.0 Å². The lowest BCUT2D eigenvalue weighted by Crippen LogP contribution is -2.54. The van der Waals surface area contributed by atoms with Crippen molar-refractivity contribution in [1.82, 2.24) is 15.5 Å². The van der Waals surface area contributed by atoms with E-state index in [1.807, 2.05) is 52.1 Å². The number of amides is 3. The van der Waals surface area contributed by atoms with Crippen molar-refractivity contribution in [2.24, 2.45) is 0 Å². The van der Waals surface area contributed by atoms with Crippen molar-refractivity contribution in [2.75, 3.05) is 18.6 Å². The predicted octanol–water partition coefficient (Wildman–Crippen LogP) is 5.53. The van der Waals surface area contributed by atoms with Gasteiger partial charge in [-0.3, -0.25) is 9.59 Å². The number of carbonyl (C=O) groups excluding carboxylic acids is 3. The van der Waals surface area contributed by atoms with E-state index in [0.29, 0.717) is 18.7 Å². The maximum atomic E-state index is 14.1. The Bertz CT molecular complexity index is 867. The normalized spacial score (nSPS) is 13.2. The molecule has 0 aliphatic carbocycles. The van der Waals surface area contributed by atoms with Gasteiger partial charge in [0.15, 0.2) is 0 Å². The summed E-state index contributed by atoms with van der Waals surface area (Å²) in [4.78, 5) is 41.9. The van der Waals surface area contributed by atoms with Crippen LogP contribution in [0.2, 0.25) is 0 Å². The Morgan fingerprint density at radius 3 is 2.25 bits per heavy atom. The van der Waals surface area contributed by atoms with Crippen molar-refractivity contribution >= 4 is 29.7 Å². The van der Waals surface area contributed by atoms with Crippen LogP contribution in [0, 0.1) is 13.8 Å². The third kappa shape index (κ3) is 10.8. The second-order valence-electron chi connectivity index (χ2n) is 10.6. The van der Waals surface area contributed by atoms with E-state index >= 15 is 0 Å². The van der Waals surface area contributed by atoms with Gasteiger partial charge in [0.2, 0.25) is 11.8 Å². The molecule has 36 heavy (non-hydrogen) atoms. The summed E-state index contributed by atoms with van der Waals surface area (Å²) in [7, 11) is 0. The zero-order chi connectivity index (χ0) is 27.5. The topological polar surface area (TPSA) is 87.7 Å². The predicted molar refractivity (Wildman–Crippen MR) is 149 cm³/mol. The van der Waals surface area contributed by atoms with Gasteiger partial charge in [-0.05, 0) is 90.0 Å². The Kier molecular flexibility index (Phi) is 13.4. The molecule has 8 heteroatoms. The van der Waals surface area contributed by atoms with Crippen LogP contribution < -0.4 is 10.6 Å². The highest BCUT2D eigenvalue weighted by molar-refractivity contribution is 7.98. The van der Waals surface area contributed by atoms with E-state index in [9.17, 15) is 14.4 Å². The maximum absolute atomic E-state index is 14.1. The molecule has 0 fully saturated rings. The van der Waals surface area contributed by atoms with Crippen LogP contribution in [-0.4, -0.2) is 59.0 Å². The molecule has 0 spiro atoms. The van der Waals surface area contributed by atoms with Crippen LogP contribution in [0.25, 0.3) is 0 Å². The fourth-order valence-corrected chi connectivity index (χ4v) is 4.28. The molecule has 0 radical (unpaired) electrons. The molecule has 0 bridgehead atoms. The first-order valence-corrected chi connectivity index (χ1v) is 14.4. The highest BCUT2D eigenvalue weighted by atomic mass is 32.2. The number of carbonyl (C=O) groups is 3. The van der Waals surface area contributed by atoms with E-state index in [1.54, 1.807) is 37.4 Å². The summed E-state index contributed by atoms with van der Waals surface area (Å²) in [5.41, 5.74) is 2.26. The summed E-state index contributed by atoms with van der Waals surface area (Å²) in [6.07, 6.45) is 4.45. The quantitative estimate of drug-likeness (QED) is 0.333. The van der Waals surface area contributed by atoms with Crippen LogP contribution in [0.5, 0.6) is 0 Å². The molecule has 2 unspecified atom stereocenters. The SMILES string of the molecule is CCCCCN(C(=O)C(CCSC)NC(=O)OC(C)(C)C)C(C(=O)NC(C)C)c1ccc(C)c(C)c1. The largest absolute Gasteiger partial charge is 0.444 e. The minimum Gasteiger partial charge on any atom is -0.444 e. The Morgan fingerprint density at radius 1 is 1.06 bits per heavy atom. The van der Waals surface area contributed by atoms with Crippen molar-refractivity contribution in [3.63, 3.8) is 0 Å². The molecule has 0 aliphatic heterocycles. The molecule has 1 aromatic carbocycles. The third-order valence-corrected chi connectivity index (χ3v) is 6.37. The van der Waals surface area contributed by atoms with Crippen molar-refractivity contribution in [1.29, 1.82) is 0 Å². The summed E-state index contributed by atoms with van der Waals surface area (Å²) in [5, 5.41) is 5.79. The third-order valence-electron chi connectivity index (χ3n) is 5.72. The minimum absolute atomic E-state index is 0.0775. The molecule has 1 aromatic rings. The highest BCUT2D eigenvalue weighted by Crippen LogP contribution is 2.26. The monoisotopic (exact) mass is 521 g/mol. The number of ether oxygens (including phenoxy) is 1. The van der Waals surface area contributed by atoms with Crippen molar-refractivity contribution in [3.8, 4) is 0 Å². The van der Waals surface area contributed by atoms with Crippen LogP contribution in [0.1, 0.15) is 90.0 Å². The maximum Gasteiger partial charge on any atom is 0.408 e. The van der Waals surface area contributed by atoms with Gasteiger partial charge in [0.05, 0.1) is 0 Å². The fourth-order valence-electron chi connectivity index (χ4n) is 3.81. The molecular weight excluding hydrogens is 474 g/mol. The molecule has 0 aromatic heterocycles. The van der Waals surface area contributed by atoms with Gasteiger partial charge in [0.1, 0.15) is 17.7 Å². The van der Waals surface area contributed by atoms with Crippen LogP contribution in [0.3, 0.4) is 0 Å². The van der Waals surface area contributed by atoms with Crippen molar-refractivity contribution < 1.29 is 19.1 Å². The van der Waals surface area contributed by atoms with Gasteiger partial charge >= 0.3 is 6.09 Å². The Hall–Kier alpha value is -2.22. The Balaban J connectivity index is 3.49. The zero-order valence-electron chi connectivity index (χ0n) is 23.7. The lowest BCUT2D eigenvalue weighted by atomic mass is 9.97. The average Bonchev–Trinajstić information content (AvgIpc) is 2.76. The molecule has 204 valence electrons. The van der Waals surface area contributed by atoms with Gasteiger partial charge in [0.25, 0.3) is 0 Å². The van der Waals surface area contributed by atoms with E-state index in [1.165, 1.54) is 0 Å². The molecular formula is C28H47N3O4S. The van der Waals surface area contributed by atoms with Crippen LogP contribution in [0.15, 0.2) is 18.2 Å². The standard InChI is InChI=1S/C28H47N3O4S/c1-10-11-12-16-31(26(33)23(15-17-36-9)30-27(34)35-28(6,7)8)24(25(32)29-19(2)3)22-14-13-20(4)21(5)18-22/h13-14,18-19,23-24H,10-12,15-17H2,1-9H3,(H,29,32)(H,30,34). The van der Waals surface area contributed by atoms with E-state index < -0.39 is 23.8 Å². The molecule has 0 saturated carbocycles. The number of nitrogens with zero attached hydrogens (tertiary/aromatic N) is 1. The van der Waals surface area contributed by atoms with Gasteiger partial charge in [-0.25, -0.2) is 4.79 Å². The molecule has 0 saturated heterocycles. The first kappa shape index (κ1) is 31.8. The second-order valence-corrected chi connectivity index (χ2v) is 11.6. The summed E-state index contributed by atoms with van der Waals surface area (Å²) in [6, 6.07) is 4.22. The molecule has 0 aliphatic rings. The molecule has 7 nitrogen and oxygen atoms in total. The van der Waals surface area contributed by atoms with E-state index in [4.69, 9.17) is 4.74 Å². The zero-order valence-corrected chi connectivity index (χ0v) is 24.5. The summed E-state index contributed by atoms with van der Waals surface area (Å²) >= 11 is 1.60.